The zero-order valence-corrected chi connectivity index (χ0v) is 16.4. The smallest absolute Gasteiger partial charge is 0.251 e. The third kappa shape index (κ3) is 3.96. The minimum Gasteiger partial charge on any atom is -0.349 e. The van der Waals surface area contributed by atoms with Crippen molar-refractivity contribution in [2.45, 2.75) is 47.6 Å². The van der Waals surface area contributed by atoms with Gasteiger partial charge in [0.2, 0.25) is 5.91 Å². The highest BCUT2D eigenvalue weighted by Crippen LogP contribution is 2.17. The Morgan fingerprint density at radius 2 is 1.77 bits per heavy atom. The molecule has 1 N–H and O–H groups in total. The minimum atomic E-state index is -0.0510. The quantitative estimate of drug-likeness (QED) is 0.746. The Morgan fingerprint density at radius 1 is 1.08 bits per heavy atom. The van der Waals surface area contributed by atoms with Gasteiger partial charge in [-0.1, -0.05) is 0 Å². The molecule has 3 heterocycles. The number of amides is 1. The number of nitrogens with one attached hydrogen (secondary N) is 1. The van der Waals surface area contributed by atoms with E-state index < -0.39 is 0 Å². The first-order chi connectivity index (χ1) is 12.3. The number of thiazole rings is 1. The van der Waals surface area contributed by atoms with E-state index in [1.807, 2.05) is 46.1 Å². The first-order valence-corrected chi connectivity index (χ1v) is 9.27. The molecule has 0 aliphatic rings. The van der Waals surface area contributed by atoms with Crippen LogP contribution in [0.5, 0.6) is 0 Å². The summed E-state index contributed by atoms with van der Waals surface area (Å²) >= 11 is 1.55. The molecule has 0 fully saturated rings. The monoisotopic (exact) mass is 370 g/mol. The molecule has 26 heavy (non-hydrogen) atoms. The normalized spacial score (nSPS) is 11.0. The summed E-state index contributed by atoms with van der Waals surface area (Å²) in [5.74, 6) is 0.484. The van der Waals surface area contributed by atoms with Crippen molar-refractivity contribution in [1.29, 1.82) is 0 Å². The summed E-state index contributed by atoms with van der Waals surface area (Å²) in [6.45, 7) is 10.1. The Labute approximate surface area is 156 Å². The molecule has 0 aliphatic heterocycles. The summed E-state index contributed by atoms with van der Waals surface area (Å²) in [7, 11) is 0. The zero-order chi connectivity index (χ0) is 18.8. The highest BCUT2D eigenvalue weighted by Gasteiger charge is 2.17. The largest absolute Gasteiger partial charge is 0.349 e. The first kappa shape index (κ1) is 18.2. The predicted octanol–water partition coefficient (Wildman–Crippen LogP) is 2.52. The van der Waals surface area contributed by atoms with Crippen molar-refractivity contribution in [3.8, 4) is 5.95 Å². The number of rotatable bonds is 5. The van der Waals surface area contributed by atoms with Crippen molar-refractivity contribution in [3.63, 3.8) is 0 Å². The molecule has 8 heteroatoms. The van der Waals surface area contributed by atoms with E-state index in [0.29, 0.717) is 12.5 Å². The highest BCUT2D eigenvalue weighted by molar-refractivity contribution is 7.09. The van der Waals surface area contributed by atoms with Gasteiger partial charge in [0.05, 0.1) is 18.7 Å². The number of aromatic nitrogens is 5. The van der Waals surface area contributed by atoms with E-state index in [0.717, 1.165) is 39.0 Å². The molecule has 0 radical (unpaired) electrons. The van der Waals surface area contributed by atoms with Gasteiger partial charge in [0.15, 0.2) is 0 Å². The van der Waals surface area contributed by atoms with E-state index in [4.69, 9.17) is 0 Å². The van der Waals surface area contributed by atoms with Crippen LogP contribution < -0.4 is 5.32 Å². The Morgan fingerprint density at radius 3 is 2.38 bits per heavy atom. The lowest BCUT2D eigenvalue weighted by molar-refractivity contribution is -0.120. The van der Waals surface area contributed by atoms with Gasteiger partial charge >= 0.3 is 0 Å². The maximum absolute atomic E-state index is 12.3. The highest BCUT2D eigenvalue weighted by atomic mass is 32.1. The third-order valence-corrected chi connectivity index (χ3v) is 5.01. The summed E-state index contributed by atoms with van der Waals surface area (Å²) in [5, 5.41) is 10.3. The van der Waals surface area contributed by atoms with Gasteiger partial charge in [-0.3, -0.25) is 4.79 Å². The van der Waals surface area contributed by atoms with Crippen LogP contribution in [0.3, 0.4) is 0 Å². The van der Waals surface area contributed by atoms with Gasteiger partial charge in [-0.25, -0.2) is 19.6 Å². The first-order valence-electron chi connectivity index (χ1n) is 8.39. The molecule has 3 aromatic rings. The number of nitrogens with zero attached hydrogens (tertiary/aromatic N) is 5. The molecule has 0 spiro atoms. The molecule has 0 aliphatic carbocycles. The molecule has 3 rings (SSSR count). The average molecular weight is 370 g/mol. The Bertz CT molecular complexity index is 938. The van der Waals surface area contributed by atoms with Crippen molar-refractivity contribution in [2.75, 3.05) is 0 Å². The van der Waals surface area contributed by atoms with Crippen LogP contribution in [-0.2, 0) is 17.8 Å². The van der Waals surface area contributed by atoms with Crippen molar-refractivity contribution < 1.29 is 4.79 Å². The zero-order valence-electron chi connectivity index (χ0n) is 15.6. The summed E-state index contributed by atoms with van der Waals surface area (Å²) < 4.78 is 1.71. The van der Waals surface area contributed by atoms with E-state index >= 15 is 0 Å². The van der Waals surface area contributed by atoms with Crippen molar-refractivity contribution >= 4 is 17.2 Å². The standard InChI is InChI=1S/C18H22N6OS/c1-10-6-11(2)22-18(21-10)24-14(5)15(13(4)23-24)7-16(25)19-8-17-20-12(3)9-26-17/h6,9H,7-8H2,1-5H3,(H,19,25). The van der Waals surface area contributed by atoms with E-state index in [1.54, 1.807) is 16.0 Å². The maximum atomic E-state index is 12.3. The summed E-state index contributed by atoms with van der Waals surface area (Å²) in [5.41, 5.74) is 5.34. The lowest BCUT2D eigenvalue weighted by atomic mass is 10.1. The molecule has 3 aromatic heterocycles. The second kappa shape index (κ2) is 7.33. The van der Waals surface area contributed by atoms with Crippen LogP contribution in [-0.4, -0.2) is 30.6 Å². The van der Waals surface area contributed by atoms with E-state index in [1.165, 1.54) is 0 Å². The summed E-state index contributed by atoms with van der Waals surface area (Å²) in [6.07, 6.45) is 0.271. The number of carbonyl (C=O) groups is 1. The van der Waals surface area contributed by atoms with Crippen LogP contribution in [0.25, 0.3) is 5.95 Å². The van der Waals surface area contributed by atoms with Crippen LogP contribution in [0.1, 0.15) is 39.0 Å². The van der Waals surface area contributed by atoms with Crippen molar-refractivity contribution in [3.05, 3.63) is 50.5 Å². The predicted molar refractivity (Wildman–Crippen MR) is 101 cm³/mol. The fourth-order valence-corrected chi connectivity index (χ4v) is 3.52. The molecule has 0 saturated carbocycles. The Balaban J connectivity index is 1.76. The SMILES string of the molecule is Cc1cc(C)nc(-n2nc(C)c(CC(=O)NCc3nc(C)cs3)c2C)n1. The van der Waals surface area contributed by atoms with Crippen LogP contribution in [0, 0.1) is 34.6 Å². The molecule has 1 amide bonds. The van der Waals surface area contributed by atoms with Gasteiger partial charge in [0.25, 0.3) is 5.95 Å². The summed E-state index contributed by atoms with van der Waals surface area (Å²) in [4.78, 5) is 25.6. The van der Waals surface area contributed by atoms with Crippen LogP contribution in [0.2, 0.25) is 0 Å². The molecule has 0 unspecified atom stereocenters. The Kier molecular flexibility index (Phi) is 5.13. The fourth-order valence-electron chi connectivity index (χ4n) is 2.81. The number of hydrogen-bond acceptors (Lipinski definition) is 6. The number of hydrogen-bond donors (Lipinski definition) is 1. The lowest BCUT2D eigenvalue weighted by Crippen LogP contribution is -2.25. The van der Waals surface area contributed by atoms with Gasteiger partial charge in [0, 0.05) is 33.7 Å². The molecular formula is C18H22N6OS. The molecular weight excluding hydrogens is 348 g/mol. The second-order valence-corrected chi connectivity index (χ2v) is 7.29. The summed E-state index contributed by atoms with van der Waals surface area (Å²) in [6, 6.07) is 1.92. The van der Waals surface area contributed by atoms with E-state index in [-0.39, 0.29) is 12.3 Å². The fraction of sp³-hybridized carbons (Fsp3) is 0.389. The maximum Gasteiger partial charge on any atom is 0.251 e. The average Bonchev–Trinajstić information content (AvgIpc) is 3.10. The minimum absolute atomic E-state index is 0.0510. The van der Waals surface area contributed by atoms with Gasteiger partial charge < -0.3 is 5.32 Å². The Hall–Kier alpha value is -2.61. The van der Waals surface area contributed by atoms with Crippen molar-refractivity contribution in [2.24, 2.45) is 0 Å². The van der Waals surface area contributed by atoms with Gasteiger partial charge in [-0.15, -0.1) is 11.3 Å². The topological polar surface area (TPSA) is 85.6 Å². The molecule has 0 saturated heterocycles. The molecule has 0 bridgehead atoms. The van der Waals surface area contributed by atoms with Crippen LogP contribution in [0.4, 0.5) is 0 Å². The van der Waals surface area contributed by atoms with Crippen molar-refractivity contribution in [1.82, 2.24) is 30.0 Å². The number of aryl methyl sites for hydroxylation is 4. The number of carbonyl (C=O) groups excluding carboxylic acids is 1. The van der Waals surface area contributed by atoms with Gasteiger partial charge in [-0.05, 0) is 40.7 Å². The van der Waals surface area contributed by atoms with Crippen LogP contribution in [0.15, 0.2) is 11.4 Å². The lowest BCUT2D eigenvalue weighted by Gasteiger charge is -2.06. The molecule has 0 aromatic carbocycles. The van der Waals surface area contributed by atoms with Gasteiger partial charge in [0.1, 0.15) is 5.01 Å². The molecule has 0 atom stereocenters. The third-order valence-electron chi connectivity index (χ3n) is 4.04. The molecule has 7 nitrogen and oxygen atoms in total. The van der Waals surface area contributed by atoms with E-state index in [2.05, 4.69) is 25.4 Å². The van der Waals surface area contributed by atoms with Gasteiger partial charge in [-0.2, -0.15) is 5.10 Å². The molecule has 136 valence electrons. The second-order valence-electron chi connectivity index (χ2n) is 6.35. The van der Waals surface area contributed by atoms with E-state index in [9.17, 15) is 4.79 Å². The van der Waals surface area contributed by atoms with Crippen LogP contribution >= 0.6 is 11.3 Å².